The SMILES string of the molecule is CCNC(=NCc1cccc(C)c1)NCc1cccc(COCCOCC)c1.I. The zero-order chi connectivity index (χ0) is 20.0. The van der Waals surface area contributed by atoms with Gasteiger partial charge >= 0.3 is 0 Å². The highest BCUT2D eigenvalue weighted by atomic mass is 127. The van der Waals surface area contributed by atoms with Crippen molar-refractivity contribution in [1.82, 2.24) is 10.6 Å². The van der Waals surface area contributed by atoms with E-state index in [0.29, 0.717) is 32.9 Å². The van der Waals surface area contributed by atoms with Crippen LogP contribution in [0.25, 0.3) is 0 Å². The first-order valence-corrected chi connectivity index (χ1v) is 10.0. The van der Waals surface area contributed by atoms with Crippen LogP contribution in [-0.4, -0.2) is 32.3 Å². The zero-order valence-corrected chi connectivity index (χ0v) is 20.1. The Hall–Kier alpha value is -1.64. The Morgan fingerprint density at radius 2 is 1.62 bits per heavy atom. The van der Waals surface area contributed by atoms with Crippen LogP contribution in [0.15, 0.2) is 53.5 Å². The van der Waals surface area contributed by atoms with Gasteiger partial charge in [0.15, 0.2) is 5.96 Å². The van der Waals surface area contributed by atoms with Crippen molar-refractivity contribution in [2.45, 2.75) is 40.5 Å². The third kappa shape index (κ3) is 10.6. The summed E-state index contributed by atoms with van der Waals surface area (Å²) >= 11 is 0. The molecule has 0 aromatic heterocycles. The molecule has 2 rings (SSSR count). The van der Waals surface area contributed by atoms with Crippen LogP contribution < -0.4 is 10.6 Å². The predicted molar refractivity (Wildman–Crippen MR) is 131 cm³/mol. The van der Waals surface area contributed by atoms with Gasteiger partial charge in [-0.3, -0.25) is 0 Å². The molecular weight excluding hydrogens is 477 g/mol. The van der Waals surface area contributed by atoms with E-state index >= 15 is 0 Å². The topological polar surface area (TPSA) is 54.9 Å². The lowest BCUT2D eigenvalue weighted by Gasteiger charge is -2.12. The molecule has 29 heavy (non-hydrogen) atoms. The number of ether oxygens (including phenoxy) is 2. The van der Waals surface area contributed by atoms with Gasteiger partial charge in [0.25, 0.3) is 0 Å². The van der Waals surface area contributed by atoms with Crippen molar-refractivity contribution in [2.24, 2.45) is 4.99 Å². The number of benzene rings is 2. The molecule has 0 bridgehead atoms. The summed E-state index contributed by atoms with van der Waals surface area (Å²) in [5.41, 5.74) is 4.83. The second-order valence-corrected chi connectivity index (χ2v) is 6.61. The summed E-state index contributed by atoms with van der Waals surface area (Å²) in [6.07, 6.45) is 0. The lowest BCUT2D eigenvalue weighted by Crippen LogP contribution is -2.36. The average Bonchev–Trinajstić information content (AvgIpc) is 2.70. The first kappa shape index (κ1) is 25.4. The molecule has 0 aliphatic rings. The second kappa shape index (κ2) is 15.2. The number of nitrogens with zero attached hydrogens (tertiary/aromatic N) is 1. The van der Waals surface area contributed by atoms with Gasteiger partial charge in [-0.2, -0.15) is 0 Å². The number of aliphatic imine (C=N–C) groups is 1. The minimum atomic E-state index is 0. The molecular formula is C23H34IN3O2. The monoisotopic (exact) mass is 511 g/mol. The lowest BCUT2D eigenvalue weighted by molar-refractivity contribution is 0.0453. The van der Waals surface area contributed by atoms with Crippen molar-refractivity contribution in [3.8, 4) is 0 Å². The number of hydrogen-bond acceptors (Lipinski definition) is 3. The van der Waals surface area contributed by atoms with Gasteiger partial charge in [0, 0.05) is 19.7 Å². The maximum Gasteiger partial charge on any atom is 0.191 e. The molecule has 0 saturated heterocycles. The van der Waals surface area contributed by atoms with Crippen molar-refractivity contribution in [1.29, 1.82) is 0 Å². The minimum Gasteiger partial charge on any atom is -0.379 e. The number of halogens is 1. The molecule has 0 spiro atoms. The largest absolute Gasteiger partial charge is 0.379 e. The summed E-state index contributed by atoms with van der Waals surface area (Å²) in [4.78, 5) is 4.70. The van der Waals surface area contributed by atoms with E-state index in [1.54, 1.807) is 0 Å². The average molecular weight is 511 g/mol. The Balaban J connectivity index is 0.00000420. The van der Waals surface area contributed by atoms with Crippen LogP contribution >= 0.6 is 24.0 Å². The molecule has 0 heterocycles. The number of rotatable bonds is 11. The highest BCUT2D eigenvalue weighted by molar-refractivity contribution is 14.0. The predicted octanol–water partition coefficient (Wildman–Crippen LogP) is 4.42. The van der Waals surface area contributed by atoms with E-state index in [0.717, 1.165) is 24.7 Å². The van der Waals surface area contributed by atoms with Crippen LogP contribution in [0, 0.1) is 6.92 Å². The van der Waals surface area contributed by atoms with E-state index in [2.05, 4.69) is 73.0 Å². The minimum absolute atomic E-state index is 0. The fourth-order valence-electron chi connectivity index (χ4n) is 2.79. The fourth-order valence-corrected chi connectivity index (χ4v) is 2.79. The highest BCUT2D eigenvalue weighted by Gasteiger charge is 2.01. The van der Waals surface area contributed by atoms with Gasteiger partial charge in [0.1, 0.15) is 0 Å². The van der Waals surface area contributed by atoms with E-state index in [1.807, 2.05) is 6.92 Å². The van der Waals surface area contributed by atoms with E-state index in [-0.39, 0.29) is 24.0 Å². The summed E-state index contributed by atoms with van der Waals surface area (Å²) in [5.74, 6) is 0.822. The first-order chi connectivity index (χ1) is 13.7. The second-order valence-electron chi connectivity index (χ2n) is 6.61. The molecule has 2 N–H and O–H groups in total. The Morgan fingerprint density at radius 3 is 2.38 bits per heavy atom. The Labute approximate surface area is 192 Å². The van der Waals surface area contributed by atoms with Crippen molar-refractivity contribution < 1.29 is 9.47 Å². The fraction of sp³-hybridized carbons (Fsp3) is 0.435. The zero-order valence-electron chi connectivity index (χ0n) is 17.7. The van der Waals surface area contributed by atoms with E-state index in [1.165, 1.54) is 16.7 Å². The maximum atomic E-state index is 5.66. The molecule has 0 aliphatic heterocycles. The van der Waals surface area contributed by atoms with Gasteiger partial charge in [-0.15, -0.1) is 24.0 Å². The molecule has 2 aromatic carbocycles. The summed E-state index contributed by atoms with van der Waals surface area (Å²) < 4.78 is 10.9. The number of nitrogens with one attached hydrogen (secondary N) is 2. The van der Waals surface area contributed by atoms with Crippen molar-refractivity contribution in [2.75, 3.05) is 26.4 Å². The van der Waals surface area contributed by atoms with Crippen molar-refractivity contribution in [3.05, 3.63) is 70.8 Å². The van der Waals surface area contributed by atoms with Crippen LogP contribution in [0.5, 0.6) is 0 Å². The molecule has 0 radical (unpaired) electrons. The summed E-state index contributed by atoms with van der Waals surface area (Å²) in [6.45, 7) is 10.9. The molecule has 0 amide bonds. The van der Waals surface area contributed by atoms with Crippen LogP contribution in [-0.2, 0) is 29.2 Å². The normalized spacial score (nSPS) is 11.1. The summed E-state index contributed by atoms with van der Waals surface area (Å²) in [5, 5.41) is 6.72. The van der Waals surface area contributed by atoms with Gasteiger partial charge in [-0.25, -0.2) is 4.99 Å². The standard InChI is InChI=1S/C23H33N3O2.HI/c1-4-24-23(25-16-20-9-6-8-19(3)14-20)26-17-21-10-7-11-22(15-21)18-28-13-12-27-5-2;/h6-11,14-15H,4-5,12-13,16-18H2,1-3H3,(H2,24,25,26);1H. The Bertz CT molecular complexity index is 738. The van der Waals surface area contributed by atoms with Gasteiger partial charge in [0.2, 0.25) is 0 Å². The van der Waals surface area contributed by atoms with E-state index in [9.17, 15) is 0 Å². The lowest BCUT2D eigenvalue weighted by atomic mass is 10.1. The van der Waals surface area contributed by atoms with Crippen molar-refractivity contribution >= 4 is 29.9 Å². The molecule has 0 saturated carbocycles. The van der Waals surface area contributed by atoms with Crippen LogP contribution in [0.2, 0.25) is 0 Å². The van der Waals surface area contributed by atoms with Crippen LogP contribution in [0.4, 0.5) is 0 Å². The molecule has 6 heteroatoms. The van der Waals surface area contributed by atoms with Gasteiger partial charge < -0.3 is 20.1 Å². The van der Waals surface area contributed by atoms with Gasteiger partial charge in [-0.05, 0) is 37.5 Å². The van der Waals surface area contributed by atoms with E-state index < -0.39 is 0 Å². The number of guanidine groups is 1. The smallest absolute Gasteiger partial charge is 0.191 e. The molecule has 5 nitrogen and oxygen atoms in total. The summed E-state index contributed by atoms with van der Waals surface area (Å²) in [7, 11) is 0. The third-order valence-corrected chi connectivity index (χ3v) is 4.14. The van der Waals surface area contributed by atoms with Gasteiger partial charge in [-0.1, -0.05) is 54.1 Å². The molecule has 0 unspecified atom stereocenters. The highest BCUT2D eigenvalue weighted by Crippen LogP contribution is 2.07. The van der Waals surface area contributed by atoms with Crippen molar-refractivity contribution in [3.63, 3.8) is 0 Å². The molecule has 0 aliphatic carbocycles. The quantitative estimate of drug-likeness (QED) is 0.203. The van der Waals surface area contributed by atoms with Crippen LogP contribution in [0.3, 0.4) is 0 Å². The van der Waals surface area contributed by atoms with Gasteiger partial charge in [0.05, 0.1) is 26.4 Å². The van der Waals surface area contributed by atoms with Crippen LogP contribution in [0.1, 0.15) is 36.1 Å². The Morgan fingerprint density at radius 1 is 0.897 bits per heavy atom. The number of hydrogen-bond donors (Lipinski definition) is 2. The maximum absolute atomic E-state index is 5.66. The molecule has 0 atom stereocenters. The third-order valence-electron chi connectivity index (χ3n) is 4.14. The summed E-state index contributed by atoms with van der Waals surface area (Å²) in [6, 6.07) is 16.9. The molecule has 160 valence electrons. The molecule has 2 aromatic rings. The first-order valence-electron chi connectivity index (χ1n) is 10.0. The Kier molecular flexibility index (Phi) is 13.3. The molecule has 0 fully saturated rings. The number of aryl methyl sites for hydroxylation is 1. The van der Waals surface area contributed by atoms with E-state index in [4.69, 9.17) is 14.5 Å².